The Labute approximate surface area is 315 Å². The van der Waals surface area contributed by atoms with Crippen LogP contribution in [0.2, 0.25) is 0 Å². The normalized spacial score (nSPS) is 14.5. The van der Waals surface area contributed by atoms with Gasteiger partial charge in [-0.05, 0) is 92.0 Å². The standard InChI is InChI=1S/C20H21F3N2O3.C20H21F3N2O2/c1-25-8-7-13-12(11-25)5-4-6-16(13)24-19(26)14-9-15(20(21,22)23)18(28-3)10-17(14)27-2;1-12-9-18(27-3)15(10-16(12)20(21,22)23)19(26)24-17-6-4-5-13-11-25(2)8-7-14(13)17/h4-6,9-10H,7-8,11H2,1-3H3,(H,24,26);4-6,9-10H,7-8,11H2,1-3H3,(H,24,26). The van der Waals surface area contributed by atoms with Gasteiger partial charge in [-0.1, -0.05) is 24.3 Å². The number of rotatable bonds is 7. The number of hydrogen-bond donors (Lipinski definition) is 2. The summed E-state index contributed by atoms with van der Waals surface area (Å²) in [5.74, 6) is -1.57. The number of carbonyl (C=O) groups excluding carboxylic acids is 2. The fourth-order valence-electron chi connectivity index (χ4n) is 6.75. The molecule has 9 nitrogen and oxygen atoms in total. The summed E-state index contributed by atoms with van der Waals surface area (Å²) >= 11 is 0. The van der Waals surface area contributed by atoms with Gasteiger partial charge in [0.2, 0.25) is 0 Å². The van der Waals surface area contributed by atoms with Crippen LogP contribution in [-0.2, 0) is 38.3 Å². The van der Waals surface area contributed by atoms with Crippen molar-refractivity contribution in [2.24, 2.45) is 0 Å². The summed E-state index contributed by atoms with van der Waals surface area (Å²) in [5, 5.41) is 5.52. The van der Waals surface area contributed by atoms with Gasteiger partial charge in [0.05, 0.1) is 43.6 Å². The first-order valence-electron chi connectivity index (χ1n) is 17.3. The van der Waals surface area contributed by atoms with E-state index in [0.717, 1.165) is 86.6 Å². The molecule has 2 aliphatic rings. The maximum atomic E-state index is 13.3. The zero-order chi connectivity index (χ0) is 40.2. The molecule has 15 heteroatoms. The minimum Gasteiger partial charge on any atom is -0.496 e. The Morgan fingerprint density at radius 1 is 0.618 bits per heavy atom. The number of benzene rings is 4. The van der Waals surface area contributed by atoms with Crippen LogP contribution in [0, 0.1) is 6.92 Å². The Balaban J connectivity index is 0.000000211. The number of aryl methyl sites for hydroxylation is 1. The predicted octanol–water partition coefficient (Wildman–Crippen LogP) is 8.23. The maximum Gasteiger partial charge on any atom is 0.419 e. The molecule has 0 fully saturated rings. The zero-order valence-corrected chi connectivity index (χ0v) is 31.2. The van der Waals surface area contributed by atoms with Crippen molar-refractivity contribution in [3.63, 3.8) is 0 Å². The number of fused-ring (bicyclic) bond motifs is 2. The minimum atomic E-state index is -4.66. The number of halogens is 6. The number of nitrogens with one attached hydrogen (secondary N) is 2. The third kappa shape index (κ3) is 9.34. The van der Waals surface area contributed by atoms with Crippen LogP contribution in [0.1, 0.15) is 59.7 Å². The van der Waals surface area contributed by atoms with Crippen LogP contribution in [0.3, 0.4) is 0 Å². The number of amides is 2. The van der Waals surface area contributed by atoms with E-state index < -0.39 is 41.0 Å². The monoisotopic (exact) mass is 772 g/mol. The molecule has 55 heavy (non-hydrogen) atoms. The lowest BCUT2D eigenvalue weighted by Crippen LogP contribution is -2.27. The van der Waals surface area contributed by atoms with Crippen molar-refractivity contribution in [2.45, 2.75) is 45.2 Å². The van der Waals surface area contributed by atoms with E-state index in [1.165, 1.54) is 27.2 Å². The lowest BCUT2D eigenvalue weighted by Gasteiger charge is -2.27. The Morgan fingerprint density at radius 3 is 1.45 bits per heavy atom. The molecule has 0 unspecified atom stereocenters. The van der Waals surface area contributed by atoms with Crippen LogP contribution in [0.25, 0.3) is 0 Å². The molecule has 4 aromatic carbocycles. The Kier molecular flexibility index (Phi) is 12.4. The van der Waals surface area contributed by atoms with Crippen molar-refractivity contribution in [1.29, 1.82) is 0 Å². The first-order valence-corrected chi connectivity index (χ1v) is 17.3. The molecule has 0 atom stereocenters. The van der Waals surface area contributed by atoms with E-state index in [9.17, 15) is 35.9 Å². The second-order valence-electron chi connectivity index (χ2n) is 13.4. The summed E-state index contributed by atoms with van der Waals surface area (Å²) in [6.45, 7) is 4.56. The molecule has 0 spiro atoms. The van der Waals surface area contributed by atoms with E-state index in [2.05, 4.69) is 20.4 Å². The van der Waals surface area contributed by atoms with Crippen molar-refractivity contribution >= 4 is 23.2 Å². The fraction of sp³-hybridized carbons (Fsp3) is 0.350. The SMILES string of the molecule is COc1cc(C)c(C(F)(F)F)cc1C(=O)Nc1cccc2c1CCN(C)C2.COc1cc(OC)c(C(F)(F)F)cc1C(=O)Nc1cccc2c1CCN(C)C2. The van der Waals surface area contributed by atoms with Gasteiger partial charge in [0.25, 0.3) is 11.8 Å². The van der Waals surface area contributed by atoms with Crippen LogP contribution in [-0.4, -0.2) is 70.1 Å². The van der Waals surface area contributed by atoms with E-state index in [1.807, 2.05) is 38.4 Å². The summed E-state index contributed by atoms with van der Waals surface area (Å²) in [7, 11) is 7.79. The third-order valence-corrected chi connectivity index (χ3v) is 9.58. The summed E-state index contributed by atoms with van der Waals surface area (Å²) in [5.41, 5.74) is 3.23. The number of methoxy groups -OCH3 is 3. The van der Waals surface area contributed by atoms with E-state index in [0.29, 0.717) is 11.4 Å². The molecule has 4 aromatic rings. The van der Waals surface area contributed by atoms with Crippen LogP contribution in [0.5, 0.6) is 17.2 Å². The van der Waals surface area contributed by atoms with Crippen molar-refractivity contribution in [1.82, 2.24) is 9.80 Å². The molecule has 2 heterocycles. The van der Waals surface area contributed by atoms with Crippen LogP contribution in [0.4, 0.5) is 37.7 Å². The van der Waals surface area contributed by atoms with Gasteiger partial charge < -0.3 is 34.6 Å². The zero-order valence-electron chi connectivity index (χ0n) is 31.2. The highest BCUT2D eigenvalue weighted by Gasteiger charge is 2.37. The molecule has 2 aliphatic heterocycles. The summed E-state index contributed by atoms with van der Waals surface area (Å²) in [4.78, 5) is 29.9. The topological polar surface area (TPSA) is 92.4 Å². The van der Waals surface area contributed by atoms with Gasteiger partial charge in [0.1, 0.15) is 17.2 Å². The lowest BCUT2D eigenvalue weighted by atomic mass is 9.97. The number of ether oxygens (including phenoxy) is 3. The molecule has 294 valence electrons. The second kappa shape index (κ2) is 16.6. The first kappa shape index (κ1) is 40.9. The van der Waals surface area contributed by atoms with Crippen molar-refractivity contribution in [3.8, 4) is 17.2 Å². The molecular formula is C40H42F6N4O5. The Bertz CT molecular complexity index is 2070. The average Bonchev–Trinajstić information content (AvgIpc) is 3.13. The summed E-state index contributed by atoms with van der Waals surface area (Å²) in [6, 6.07) is 15.1. The summed E-state index contributed by atoms with van der Waals surface area (Å²) in [6.07, 6.45) is -7.69. The number of likely N-dealkylation sites (N-methyl/N-ethyl adjacent to an activating group) is 2. The minimum absolute atomic E-state index is 0.00637. The molecule has 6 rings (SSSR count). The second-order valence-corrected chi connectivity index (χ2v) is 13.4. The predicted molar refractivity (Wildman–Crippen MR) is 196 cm³/mol. The third-order valence-electron chi connectivity index (χ3n) is 9.58. The van der Waals surface area contributed by atoms with Gasteiger partial charge in [0, 0.05) is 43.6 Å². The van der Waals surface area contributed by atoms with Crippen LogP contribution >= 0.6 is 0 Å². The maximum absolute atomic E-state index is 13.3. The highest BCUT2D eigenvalue weighted by atomic mass is 19.4. The van der Waals surface area contributed by atoms with E-state index in [-0.39, 0.29) is 28.2 Å². The Hall–Kier alpha value is -5.28. The lowest BCUT2D eigenvalue weighted by molar-refractivity contribution is -0.139. The smallest absolute Gasteiger partial charge is 0.419 e. The van der Waals surface area contributed by atoms with Gasteiger partial charge in [-0.3, -0.25) is 9.59 Å². The van der Waals surface area contributed by atoms with Crippen molar-refractivity contribution in [2.75, 3.05) is 59.1 Å². The number of alkyl halides is 6. The average molecular weight is 773 g/mol. The van der Waals surface area contributed by atoms with Gasteiger partial charge in [0.15, 0.2) is 0 Å². The molecule has 2 N–H and O–H groups in total. The molecule has 0 saturated heterocycles. The fourth-order valence-corrected chi connectivity index (χ4v) is 6.75. The van der Waals surface area contributed by atoms with E-state index >= 15 is 0 Å². The number of nitrogens with zero attached hydrogens (tertiary/aromatic N) is 2. The van der Waals surface area contributed by atoms with E-state index in [4.69, 9.17) is 14.2 Å². The Morgan fingerprint density at radius 2 is 1.04 bits per heavy atom. The van der Waals surface area contributed by atoms with Crippen molar-refractivity contribution < 1.29 is 50.1 Å². The van der Waals surface area contributed by atoms with Gasteiger partial charge >= 0.3 is 12.4 Å². The highest BCUT2D eigenvalue weighted by molar-refractivity contribution is 6.07. The van der Waals surface area contributed by atoms with Crippen molar-refractivity contribution in [3.05, 3.63) is 111 Å². The van der Waals surface area contributed by atoms with Crippen LogP contribution in [0.15, 0.2) is 60.7 Å². The van der Waals surface area contributed by atoms with Gasteiger partial charge in [-0.25, -0.2) is 0 Å². The molecule has 0 bridgehead atoms. The molecule has 0 aromatic heterocycles. The van der Waals surface area contributed by atoms with Gasteiger partial charge in [-0.15, -0.1) is 0 Å². The number of anilines is 2. The summed E-state index contributed by atoms with van der Waals surface area (Å²) < 4.78 is 94.8. The largest absolute Gasteiger partial charge is 0.496 e. The van der Waals surface area contributed by atoms with E-state index in [1.54, 1.807) is 12.1 Å². The first-order chi connectivity index (χ1) is 25.9. The molecule has 0 saturated carbocycles. The molecule has 2 amide bonds. The molecule has 0 radical (unpaired) electrons. The highest BCUT2D eigenvalue weighted by Crippen LogP contribution is 2.41. The quantitative estimate of drug-likeness (QED) is 0.183. The molecule has 0 aliphatic carbocycles. The van der Waals surface area contributed by atoms with Crippen LogP contribution < -0.4 is 24.8 Å². The number of hydrogen-bond acceptors (Lipinski definition) is 7. The molecular weight excluding hydrogens is 730 g/mol. The van der Waals surface area contributed by atoms with Gasteiger partial charge in [-0.2, -0.15) is 26.3 Å². The number of carbonyl (C=O) groups is 2.